The third-order valence-corrected chi connectivity index (χ3v) is 1.21. The number of allylic oxidation sites excluding steroid dienone is 1. The van der Waals surface area contributed by atoms with Gasteiger partial charge in [-0.3, -0.25) is 0 Å². The lowest BCUT2D eigenvalue weighted by Crippen LogP contribution is -2.09. The molecule has 10 heavy (non-hydrogen) atoms. The lowest BCUT2D eigenvalue weighted by Gasteiger charge is -2.09. The maximum absolute atomic E-state index is 8.59. The second-order valence-corrected chi connectivity index (χ2v) is 2.16. The second-order valence-electron chi connectivity index (χ2n) is 2.16. The van der Waals surface area contributed by atoms with E-state index in [2.05, 4.69) is 19.7 Å². The van der Waals surface area contributed by atoms with E-state index in [1.54, 1.807) is 6.92 Å². The molecule has 0 aromatic heterocycles. The van der Waals surface area contributed by atoms with E-state index in [1.807, 2.05) is 0 Å². The molecule has 0 bridgehead atoms. The minimum atomic E-state index is -1.52. The van der Waals surface area contributed by atoms with Gasteiger partial charge >= 0.3 is 0 Å². The molecule has 0 fully saturated rings. The van der Waals surface area contributed by atoms with Gasteiger partial charge in [-0.05, 0) is 12.5 Å². The van der Waals surface area contributed by atoms with Gasteiger partial charge in [0.25, 0.3) is 0 Å². The highest BCUT2D eigenvalue weighted by molar-refractivity contribution is 5.41. The summed E-state index contributed by atoms with van der Waals surface area (Å²) in [5.74, 6) is 0. The Morgan fingerprint density at radius 3 is 1.70 bits per heavy atom. The summed E-state index contributed by atoms with van der Waals surface area (Å²) >= 11 is 0. The molecule has 0 unspecified atom stereocenters. The molecule has 2 nitrogen and oxygen atoms in total. The fourth-order valence-corrected chi connectivity index (χ4v) is 0.430. The highest BCUT2D eigenvalue weighted by Gasteiger charge is 2.07. The van der Waals surface area contributed by atoms with Crippen LogP contribution >= 0.6 is 0 Å². The SMILES string of the molecule is C=C(C)C(=C)C(=C)C(O)O. The Bertz CT molecular complexity index is 178. The van der Waals surface area contributed by atoms with Crippen LogP contribution in [0.5, 0.6) is 0 Å². The molecule has 0 atom stereocenters. The first-order valence-electron chi connectivity index (χ1n) is 2.87. The van der Waals surface area contributed by atoms with Crippen molar-refractivity contribution in [1.29, 1.82) is 0 Å². The van der Waals surface area contributed by atoms with Crippen molar-refractivity contribution in [2.45, 2.75) is 13.2 Å². The fourth-order valence-electron chi connectivity index (χ4n) is 0.430. The summed E-state index contributed by atoms with van der Waals surface area (Å²) in [4.78, 5) is 0. The van der Waals surface area contributed by atoms with Crippen LogP contribution in [0.3, 0.4) is 0 Å². The Morgan fingerprint density at radius 2 is 1.60 bits per heavy atom. The lowest BCUT2D eigenvalue weighted by atomic mass is 10.0. The van der Waals surface area contributed by atoms with Gasteiger partial charge in [-0.15, -0.1) is 0 Å². The van der Waals surface area contributed by atoms with Gasteiger partial charge < -0.3 is 10.2 Å². The molecular weight excluding hydrogens is 128 g/mol. The largest absolute Gasteiger partial charge is 0.364 e. The second kappa shape index (κ2) is 3.34. The van der Waals surface area contributed by atoms with Crippen molar-refractivity contribution in [2.24, 2.45) is 0 Å². The maximum atomic E-state index is 8.59. The quantitative estimate of drug-likeness (QED) is 0.453. The monoisotopic (exact) mass is 140 g/mol. The van der Waals surface area contributed by atoms with Crippen molar-refractivity contribution >= 4 is 0 Å². The molecule has 0 spiro atoms. The number of hydrogen-bond acceptors (Lipinski definition) is 2. The van der Waals surface area contributed by atoms with Gasteiger partial charge in [-0.25, -0.2) is 0 Å². The molecule has 0 aromatic rings. The van der Waals surface area contributed by atoms with E-state index in [-0.39, 0.29) is 5.57 Å². The molecule has 2 N–H and O–H groups in total. The van der Waals surface area contributed by atoms with Crippen molar-refractivity contribution in [2.75, 3.05) is 0 Å². The summed E-state index contributed by atoms with van der Waals surface area (Å²) in [6, 6.07) is 0. The molecule has 0 saturated carbocycles. The molecule has 0 saturated heterocycles. The van der Waals surface area contributed by atoms with Crippen molar-refractivity contribution in [3.63, 3.8) is 0 Å². The number of rotatable bonds is 3. The zero-order chi connectivity index (χ0) is 8.31. The summed E-state index contributed by atoms with van der Waals surface area (Å²) in [5.41, 5.74) is 1.39. The Labute approximate surface area is 60.8 Å². The molecule has 56 valence electrons. The van der Waals surface area contributed by atoms with Crippen LogP contribution in [0.15, 0.2) is 36.5 Å². The van der Waals surface area contributed by atoms with Crippen LogP contribution in [0.4, 0.5) is 0 Å². The maximum Gasteiger partial charge on any atom is 0.178 e. The predicted octanol–water partition coefficient (Wildman–Crippen LogP) is 0.986. The van der Waals surface area contributed by atoms with Crippen LogP contribution in [0.1, 0.15) is 6.92 Å². The van der Waals surface area contributed by atoms with Crippen molar-refractivity contribution < 1.29 is 10.2 Å². The first kappa shape index (κ1) is 9.14. The molecular formula is C8H12O2. The summed E-state index contributed by atoms with van der Waals surface area (Å²) < 4.78 is 0. The van der Waals surface area contributed by atoms with E-state index in [9.17, 15) is 0 Å². The van der Waals surface area contributed by atoms with Gasteiger partial charge in [0.15, 0.2) is 6.29 Å². The van der Waals surface area contributed by atoms with Gasteiger partial charge in [0, 0.05) is 5.57 Å². The van der Waals surface area contributed by atoms with Crippen molar-refractivity contribution in [3.8, 4) is 0 Å². The summed E-state index contributed by atoms with van der Waals surface area (Å²) in [6.45, 7) is 12.3. The molecule has 0 radical (unpaired) electrons. The van der Waals surface area contributed by atoms with E-state index < -0.39 is 6.29 Å². The standard InChI is InChI=1S/C8H12O2/c1-5(2)6(3)7(4)8(9)10/h8-10H,1,3-4H2,2H3. The van der Waals surface area contributed by atoms with Gasteiger partial charge in [-0.2, -0.15) is 0 Å². The van der Waals surface area contributed by atoms with E-state index in [0.29, 0.717) is 11.1 Å². The number of aliphatic hydroxyl groups excluding tert-OH is 1. The van der Waals surface area contributed by atoms with Crippen LogP contribution in [-0.2, 0) is 0 Å². The third-order valence-electron chi connectivity index (χ3n) is 1.21. The Morgan fingerprint density at radius 1 is 1.20 bits per heavy atom. The molecule has 0 aliphatic heterocycles. The van der Waals surface area contributed by atoms with Crippen LogP contribution in [0, 0.1) is 0 Å². The Hall–Kier alpha value is -0.860. The molecule has 0 rings (SSSR count). The molecule has 0 heterocycles. The molecule has 0 amide bonds. The van der Waals surface area contributed by atoms with E-state index >= 15 is 0 Å². The third kappa shape index (κ3) is 2.17. The highest BCUT2D eigenvalue weighted by atomic mass is 16.5. The number of aliphatic hydroxyl groups is 2. The fraction of sp³-hybridized carbons (Fsp3) is 0.250. The average molecular weight is 140 g/mol. The zero-order valence-electron chi connectivity index (χ0n) is 6.09. The van der Waals surface area contributed by atoms with Gasteiger partial charge in [0.05, 0.1) is 0 Å². The van der Waals surface area contributed by atoms with E-state index in [0.717, 1.165) is 0 Å². The predicted molar refractivity (Wildman–Crippen MR) is 41.3 cm³/mol. The lowest BCUT2D eigenvalue weighted by molar-refractivity contribution is -0.00530. The number of hydrogen-bond donors (Lipinski definition) is 2. The Kier molecular flexibility index (Phi) is 3.06. The minimum absolute atomic E-state index is 0.201. The summed E-state index contributed by atoms with van der Waals surface area (Å²) in [7, 11) is 0. The molecule has 2 heteroatoms. The summed E-state index contributed by atoms with van der Waals surface area (Å²) in [5, 5.41) is 17.2. The average Bonchev–Trinajstić information content (AvgIpc) is 1.84. The summed E-state index contributed by atoms with van der Waals surface area (Å²) in [6.07, 6.45) is -1.52. The van der Waals surface area contributed by atoms with Gasteiger partial charge in [-0.1, -0.05) is 25.3 Å². The van der Waals surface area contributed by atoms with Gasteiger partial charge in [0.1, 0.15) is 0 Å². The molecule has 0 aliphatic rings. The smallest absolute Gasteiger partial charge is 0.178 e. The van der Waals surface area contributed by atoms with Crippen LogP contribution < -0.4 is 0 Å². The van der Waals surface area contributed by atoms with E-state index in [4.69, 9.17) is 10.2 Å². The van der Waals surface area contributed by atoms with Crippen LogP contribution in [0.2, 0.25) is 0 Å². The first-order chi connectivity index (χ1) is 4.46. The van der Waals surface area contributed by atoms with Crippen molar-refractivity contribution in [1.82, 2.24) is 0 Å². The normalized spacial score (nSPS) is 9.60. The van der Waals surface area contributed by atoms with Crippen LogP contribution in [0.25, 0.3) is 0 Å². The molecule has 0 aromatic carbocycles. The van der Waals surface area contributed by atoms with E-state index in [1.165, 1.54) is 0 Å². The van der Waals surface area contributed by atoms with Gasteiger partial charge in [0.2, 0.25) is 0 Å². The molecule has 0 aliphatic carbocycles. The first-order valence-corrected chi connectivity index (χ1v) is 2.87. The van der Waals surface area contributed by atoms with Crippen molar-refractivity contribution in [3.05, 3.63) is 36.5 Å². The Balaban J connectivity index is 4.24. The minimum Gasteiger partial charge on any atom is -0.364 e. The zero-order valence-corrected chi connectivity index (χ0v) is 6.09. The van der Waals surface area contributed by atoms with Crippen LogP contribution in [-0.4, -0.2) is 16.5 Å². The highest BCUT2D eigenvalue weighted by Crippen LogP contribution is 2.15. The topological polar surface area (TPSA) is 40.5 Å².